The fourth-order valence-electron chi connectivity index (χ4n) is 2.57. The molecule has 0 fully saturated rings. The molecule has 0 saturated carbocycles. The van der Waals surface area contributed by atoms with Crippen LogP contribution < -0.4 is 10.2 Å². The molecule has 1 aromatic heterocycles. The van der Waals surface area contributed by atoms with E-state index in [0.717, 1.165) is 17.9 Å². The SMILES string of the molecule is CCNC(C)c1cccc(F)c1N(CC)Cc1ccco1. The Kier molecular flexibility index (Phi) is 5.39. The lowest BCUT2D eigenvalue weighted by Gasteiger charge is -2.27. The van der Waals surface area contributed by atoms with E-state index in [9.17, 15) is 4.39 Å². The van der Waals surface area contributed by atoms with Gasteiger partial charge in [-0.25, -0.2) is 4.39 Å². The van der Waals surface area contributed by atoms with Crippen LogP contribution in [-0.2, 0) is 6.54 Å². The van der Waals surface area contributed by atoms with Gasteiger partial charge >= 0.3 is 0 Å². The van der Waals surface area contributed by atoms with Gasteiger partial charge in [-0.2, -0.15) is 0 Å². The van der Waals surface area contributed by atoms with E-state index < -0.39 is 0 Å². The summed E-state index contributed by atoms with van der Waals surface area (Å²) < 4.78 is 19.8. The maximum atomic E-state index is 14.4. The number of anilines is 1. The van der Waals surface area contributed by atoms with Gasteiger partial charge in [0, 0.05) is 12.6 Å². The molecule has 0 aliphatic heterocycles. The van der Waals surface area contributed by atoms with Gasteiger partial charge in [-0.05, 0) is 44.2 Å². The van der Waals surface area contributed by atoms with Crippen molar-refractivity contribution in [2.45, 2.75) is 33.4 Å². The molecule has 1 atom stereocenters. The van der Waals surface area contributed by atoms with E-state index in [1.165, 1.54) is 6.07 Å². The molecule has 2 rings (SSSR count). The van der Waals surface area contributed by atoms with Crippen LogP contribution in [0.15, 0.2) is 41.0 Å². The molecule has 1 N–H and O–H groups in total. The number of halogens is 1. The normalized spacial score (nSPS) is 12.4. The summed E-state index contributed by atoms with van der Waals surface area (Å²) >= 11 is 0. The van der Waals surface area contributed by atoms with Gasteiger partial charge in [0.05, 0.1) is 18.5 Å². The van der Waals surface area contributed by atoms with Crippen LogP contribution in [0, 0.1) is 5.82 Å². The van der Waals surface area contributed by atoms with Gasteiger partial charge in [-0.15, -0.1) is 0 Å². The second-order valence-electron chi connectivity index (χ2n) is 5.05. The highest BCUT2D eigenvalue weighted by Crippen LogP contribution is 2.30. The van der Waals surface area contributed by atoms with E-state index in [2.05, 4.69) is 19.2 Å². The fourth-order valence-corrected chi connectivity index (χ4v) is 2.57. The van der Waals surface area contributed by atoms with E-state index in [0.29, 0.717) is 18.8 Å². The predicted molar refractivity (Wildman–Crippen MR) is 83.9 cm³/mol. The third-order valence-corrected chi connectivity index (χ3v) is 3.62. The molecule has 2 aromatic rings. The first-order valence-corrected chi connectivity index (χ1v) is 7.46. The molecule has 1 unspecified atom stereocenters. The van der Waals surface area contributed by atoms with Crippen molar-refractivity contribution in [3.05, 3.63) is 53.7 Å². The average molecular weight is 290 g/mol. The van der Waals surface area contributed by atoms with Gasteiger partial charge in [0.25, 0.3) is 0 Å². The Labute approximate surface area is 125 Å². The topological polar surface area (TPSA) is 28.4 Å². The smallest absolute Gasteiger partial charge is 0.146 e. The van der Waals surface area contributed by atoms with Crippen LogP contribution in [0.3, 0.4) is 0 Å². The van der Waals surface area contributed by atoms with Gasteiger partial charge in [0.1, 0.15) is 11.6 Å². The first kappa shape index (κ1) is 15.6. The maximum Gasteiger partial charge on any atom is 0.146 e. The van der Waals surface area contributed by atoms with Crippen LogP contribution in [0.5, 0.6) is 0 Å². The largest absolute Gasteiger partial charge is 0.467 e. The van der Waals surface area contributed by atoms with Crippen molar-refractivity contribution >= 4 is 5.69 Å². The van der Waals surface area contributed by atoms with E-state index in [-0.39, 0.29) is 11.9 Å². The lowest BCUT2D eigenvalue weighted by molar-refractivity contribution is 0.499. The Morgan fingerprint density at radius 1 is 1.24 bits per heavy atom. The zero-order chi connectivity index (χ0) is 15.2. The van der Waals surface area contributed by atoms with Crippen LogP contribution in [0.4, 0.5) is 10.1 Å². The Morgan fingerprint density at radius 2 is 2.05 bits per heavy atom. The standard InChI is InChI=1S/C17H23FN2O/c1-4-19-13(3)15-9-6-10-16(18)17(15)20(5-2)12-14-8-7-11-21-14/h6-11,13,19H,4-5,12H2,1-3H3. The molecule has 4 heteroatoms. The summed E-state index contributed by atoms with van der Waals surface area (Å²) in [4.78, 5) is 2.01. The Balaban J connectivity index is 2.35. The minimum Gasteiger partial charge on any atom is -0.467 e. The van der Waals surface area contributed by atoms with E-state index in [1.807, 2.05) is 30.0 Å². The highest BCUT2D eigenvalue weighted by atomic mass is 19.1. The first-order chi connectivity index (χ1) is 10.2. The summed E-state index contributed by atoms with van der Waals surface area (Å²) in [6.45, 7) is 8.26. The number of hydrogen-bond acceptors (Lipinski definition) is 3. The van der Waals surface area contributed by atoms with Crippen molar-refractivity contribution < 1.29 is 8.81 Å². The molecule has 1 aromatic carbocycles. The second-order valence-corrected chi connectivity index (χ2v) is 5.05. The van der Waals surface area contributed by atoms with E-state index in [4.69, 9.17) is 4.42 Å². The van der Waals surface area contributed by atoms with E-state index in [1.54, 1.807) is 12.3 Å². The molecule has 0 aliphatic rings. The highest BCUT2D eigenvalue weighted by molar-refractivity contribution is 5.56. The van der Waals surface area contributed by atoms with Gasteiger partial charge in [0.15, 0.2) is 0 Å². The van der Waals surface area contributed by atoms with Crippen molar-refractivity contribution in [3.8, 4) is 0 Å². The Hall–Kier alpha value is -1.81. The maximum absolute atomic E-state index is 14.4. The zero-order valence-corrected chi connectivity index (χ0v) is 12.9. The highest BCUT2D eigenvalue weighted by Gasteiger charge is 2.19. The van der Waals surface area contributed by atoms with Crippen LogP contribution in [0.25, 0.3) is 0 Å². The molecule has 114 valence electrons. The van der Waals surface area contributed by atoms with Gasteiger partial charge < -0.3 is 14.6 Å². The second kappa shape index (κ2) is 7.27. The van der Waals surface area contributed by atoms with Crippen molar-refractivity contribution in [1.82, 2.24) is 5.32 Å². The van der Waals surface area contributed by atoms with Crippen LogP contribution >= 0.6 is 0 Å². The number of hydrogen-bond donors (Lipinski definition) is 1. The molecule has 0 amide bonds. The van der Waals surface area contributed by atoms with Gasteiger partial charge in [0.2, 0.25) is 0 Å². The number of rotatable bonds is 7. The third kappa shape index (κ3) is 3.64. The van der Waals surface area contributed by atoms with Crippen molar-refractivity contribution in [1.29, 1.82) is 0 Å². The Morgan fingerprint density at radius 3 is 2.67 bits per heavy atom. The Bertz CT molecular complexity index is 554. The summed E-state index contributed by atoms with van der Waals surface area (Å²) in [5, 5.41) is 3.35. The molecule has 3 nitrogen and oxygen atoms in total. The molecule has 0 bridgehead atoms. The number of nitrogens with zero attached hydrogens (tertiary/aromatic N) is 1. The monoisotopic (exact) mass is 290 g/mol. The third-order valence-electron chi connectivity index (χ3n) is 3.62. The molecular weight excluding hydrogens is 267 g/mol. The molecule has 0 saturated heterocycles. The molecule has 1 heterocycles. The summed E-state index contributed by atoms with van der Waals surface area (Å²) in [5.74, 6) is 0.646. The number of nitrogens with one attached hydrogen (secondary N) is 1. The first-order valence-electron chi connectivity index (χ1n) is 7.46. The van der Waals surface area contributed by atoms with Crippen LogP contribution in [-0.4, -0.2) is 13.1 Å². The molecule has 21 heavy (non-hydrogen) atoms. The lowest BCUT2D eigenvalue weighted by Crippen LogP contribution is -2.27. The minimum absolute atomic E-state index is 0.103. The van der Waals surface area contributed by atoms with Gasteiger partial charge in [-0.1, -0.05) is 19.1 Å². The van der Waals surface area contributed by atoms with Crippen molar-refractivity contribution in [2.24, 2.45) is 0 Å². The number of furan rings is 1. The predicted octanol–water partition coefficient (Wildman–Crippen LogP) is 4.12. The molecule has 0 radical (unpaired) electrons. The summed E-state index contributed by atoms with van der Waals surface area (Å²) in [6, 6.07) is 9.14. The average Bonchev–Trinajstić information content (AvgIpc) is 2.98. The summed E-state index contributed by atoms with van der Waals surface area (Å²) in [5.41, 5.74) is 1.63. The zero-order valence-electron chi connectivity index (χ0n) is 12.9. The van der Waals surface area contributed by atoms with Crippen LogP contribution in [0.1, 0.15) is 38.1 Å². The number of para-hydroxylation sites is 1. The van der Waals surface area contributed by atoms with Crippen LogP contribution in [0.2, 0.25) is 0 Å². The summed E-state index contributed by atoms with van der Waals surface area (Å²) in [7, 11) is 0. The lowest BCUT2D eigenvalue weighted by atomic mass is 10.0. The van der Waals surface area contributed by atoms with E-state index >= 15 is 0 Å². The van der Waals surface area contributed by atoms with Crippen molar-refractivity contribution in [3.63, 3.8) is 0 Å². The quantitative estimate of drug-likeness (QED) is 0.831. The minimum atomic E-state index is -0.189. The molecular formula is C17H23FN2O. The fraction of sp³-hybridized carbons (Fsp3) is 0.412. The number of benzene rings is 1. The van der Waals surface area contributed by atoms with Crippen molar-refractivity contribution in [2.75, 3.05) is 18.0 Å². The summed E-state index contributed by atoms with van der Waals surface area (Å²) in [6.07, 6.45) is 1.65. The molecule has 0 spiro atoms. The molecule has 0 aliphatic carbocycles. The van der Waals surface area contributed by atoms with Gasteiger partial charge in [-0.3, -0.25) is 0 Å².